The van der Waals surface area contributed by atoms with E-state index in [1.54, 1.807) is 31.4 Å². The highest BCUT2D eigenvalue weighted by atomic mass is 16.5. The highest BCUT2D eigenvalue weighted by Crippen LogP contribution is 2.22. The van der Waals surface area contributed by atoms with Crippen molar-refractivity contribution in [2.75, 3.05) is 7.11 Å². The number of carboxylic acid groups (broad SMARTS) is 1. The average molecular weight is 247 g/mol. The molecule has 0 aliphatic heterocycles. The summed E-state index contributed by atoms with van der Waals surface area (Å²) in [5.41, 5.74) is 0.771. The third-order valence-electron chi connectivity index (χ3n) is 2.54. The number of nitrogens with zero attached hydrogens (tertiary/aromatic N) is 4. The smallest absolute Gasteiger partial charge is 0.138 e. The number of aromatic nitrogens is 4. The molecule has 0 aliphatic carbocycles. The van der Waals surface area contributed by atoms with Crippen molar-refractivity contribution in [2.24, 2.45) is 0 Å². The van der Waals surface area contributed by atoms with E-state index in [4.69, 9.17) is 4.74 Å². The summed E-state index contributed by atoms with van der Waals surface area (Å²) in [5.74, 6) is -0.464. The number of carboxylic acids is 1. The van der Waals surface area contributed by atoms with Gasteiger partial charge in [0.05, 0.1) is 13.2 Å². The molecule has 1 aromatic carbocycles. The summed E-state index contributed by atoms with van der Waals surface area (Å²) in [7, 11) is 1.56. The largest absolute Gasteiger partial charge is 0.550 e. The quantitative estimate of drug-likeness (QED) is 0.701. The predicted octanol–water partition coefficient (Wildman–Crippen LogP) is -0.589. The van der Waals surface area contributed by atoms with Crippen molar-refractivity contribution < 1.29 is 14.6 Å². The lowest BCUT2D eigenvalue weighted by atomic mass is 10.0. The molecular weight excluding hydrogens is 236 g/mol. The van der Waals surface area contributed by atoms with Crippen LogP contribution in [0.5, 0.6) is 5.75 Å². The van der Waals surface area contributed by atoms with Gasteiger partial charge < -0.3 is 14.6 Å². The van der Waals surface area contributed by atoms with Gasteiger partial charge in [0.1, 0.15) is 12.1 Å². The molecule has 0 spiro atoms. The van der Waals surface area contributed by atoms with E-state index in [2.05, 4.69) is 15.5 Å². The monoisotopic (exact) mass is 247 g/mol. The van der Waals surface area contributed by atoms with E-state index in [-0.39, 0.29) is 6.42 Å². The number of tetrazole rings is 1. The summed E-state index contributed by atoms with van der Waals surface area (Å²) in [5, 5.41) is 21.5. The van der Waals surface area contributed by atoms with Crippen LogP contribution in [0.4, 0.5) is 0 Å². The van der Waals surface area contributed by atoms with Crippen molar-refractivity contribution in [3.63, 3.8) is 0 Å². The Labute approximate surface area is 103 Å². The molecule has 7 heteroatoms. The van der Waals surface area contributed by atoms with Crippen molar-refractivity contribution in [3.8, 4) is 5.75 Å². The molecule has 0 bridgehead atoms. The zero-order chi connectivity index (χ0) is 13.0. The maximum Gasteiger partial charge on any atom is 0.138 e. The molecule has 2 aromatic rings. The minimum Gasteiger partial charge on any atom is -0.550 e. The van der Waals surface area contributed by atoms with Gasteiger partial charge in [0, 0.05) is 12.4 Å². The fourth-order valence-corrected chi connectivity index (χ4v) is 1.66. The molecule has 1 heterocycles. The Kier molecular flexibility index (Phi) is 3.52. The molecule has 1 aromatic heterocycles. The third-order valence-corrected chi connectivity index (χ3v) is 2.54. The fraction of sp³-hybridized carbons (Fsp3) is 0.273. The number of benzene rings is 1. The molecular formula is C11H11N4O3-. The van der Waals surface area contributed by atoms with E-state index >= 15 is 0 Å². The molecule has 0 saturated carbocycles. The van der Waals surface area contributed by atoms with Gasteiger partial charge in [-0.2, -0.15) is 0 Å². The first-order valence-corrected chi connectivity index (χ1v) is 5.27. The molecule has 18 heavy (non-hydrogen) atoms. The second-order valence-electron chi connectivity index (χ2n) is 3.65. The van der Waals surface area contributed by atoms with Crippen LogP contribution < -0.4 is 9.84 Å². The highest BCUT2D eigenvalue weighted by Gasteiger charge is 2.15. The van der Waals surface area contributed by atoms with Gasteiger partial charge in [-0.05, 0) is 28.1 Å². The fourth-order valence-electron chi connectivity index (χ4n) is 1.66. The molecule has 94 valence electrons. The standard InChI is InChI=1S/C11H12N4O3/c1-18-9-4-2-8(3-5-9)10(6-11(16)17)15-7-12-13-14-15/h2-5,7,10H,6H2,1H3,(H,16,17)/p-1/t10-/m1/s1. The zero-order valence-electron chi connectivity index (χ0n) is 9.68. The number of aliphatic carboxylic acids is 1. The number of methoxy groups -OCH3 is 1. The summed E-state index contributed by atoms with van der Waals surface area (Å²) in [6.07, 6.45) is 1.18. The van der Waals surface area contributed by atoms with E-state index in [1.807, 2.05) is 0 Å². The maximum atomic E-state index is 10.8. The van der Waals surface area contributed by atoms with Gasteiger partial charge in [0.25, 0.3) is 0 Å². The van der Waals surface area contributed by atoms with Gasteiger partial charge in [-0.3, -0.25) is 0 Å². The zero-order valence-corrected chi connectivity index (χ0v) is 9.68. The van der Waals surface area contributed by atoms with Gasteiger partial charge in [-0.1, -0.05) is 12.1 Å². The van der Waals surface area contributed by atoms with E-state index in [0.717, 1.165) is 5.56 Å². The Balaban J connectivity index is 2.30. The van der Waals surface area contributed by atoms with Crippen LogP contribution >= 0.6 is 0 Å². The van der Waals surface area contributed by atoms with Gasteiger partial charge in [-0.15, -0.1) is 5.10 Å². The van der Waals surface area contributed by atoms with Crippen molar-refractivity contribution in [3.05, 3.63) is 36.2 Å². The van der Waals surface area contributed by atoms with Crippen LogP contribution in [0.2, 0.25) is 0 Å². The SMILES string of the molecule is COc1ccc([C@@H](CC(=O)[O-])n2cnnn2)cc1. The van der Waals surface area contributed by atoms with Gasteiger partial charge in [0.15, 0.2) is 0 Å². The summed E-state index contributed by atoms with van der Waals surface area (Å²) < 4.78 is 6.43. The average Bonchev–Trinajstić information content (AvgIpc) is 2.89. The summed E-state index contributed by atoms with van der Waals surface area (Å²) >= 11 is 0. The number of carbonyl (C=O) groups excluding carboxylic acids is 1. The Morgan fingerprint density at radius 3 is 2.67 bits per heavy atom. The number of carbonyl (C=O) groups is 1. The van der Waals surface area contributed by atoms with Gasteiger partial charge >= 0.3 is 0 Å². The number of ether oxygens (including phenoxy) is 1. The van der Waals surface area contributed by atoms with Crippen molar-refractivity contribution >= 4 is 5.97 Å². The van der Waals surface area contributed by atoms with Crippen LogP contribution in [0.3, 0.4) is 0 Å². The first kappa shape index (κ1) is 12.0. The minimum atomic E-state index is -1.16. The lowest BCUT2D eigenvalue weighted by Crippen LogP contribution is -2.27. The first-order valence-electron chi connectivity index (χ1n) is 5.27. The Hall–Kier alpha value is -2.44. The predicted molar refractivity (Wildman–Crippen MR) is 58.6 cm³/mol. The summed E-state index contributed by atoms with van der Waals surface area (Å²) in [6.45, 7) is 0. The van der Waals surface area contributed by atoms with Crippen LogP contribution in [0.25, 0.3) is 0 Å². The van der Waals surface area contributed by atoms with Crippen molar-refractivity contribution in [1.29, 1.82) is 0 Å². The summed E-state index contributed by atoms with van der Waals surface area (Å²) in [4.78, 5) is 10.8. The van der Waals surface area contributed by atoms with E-state index in [1.165, 1.54) is 11.0 Å². The Bertz CT molecular complexity index is 510. The number of rotatable bonds is 5. The second kappa shape index (κ2) is 5.26. The van der Waals surface area contributed by atoms with E-state index in [9.17, 15) is 9.90 Å². The van der Waals surface area contributed by atoms with Crippen LogP contribution in [0, 0.1) is 0 Å². The second-order valence-corrected chi connectivity index (χ2v) is 3.65. The lowest BCUT2D eigenvalue weighted by Gasteiger charge is -2.17. The number of hydrogen-bond donors (Lipinski definition) is 0. The van der Waals surface area contributed by atoms with Crippen LogP contribution in [0.1, 0.15) is 18.0 Å². The minimum absolute atomic E-state index is 0.197. The van der Waals surface area contributed by atoms with Crippen LogP contribution in [-0.2, 0) is 4.79 Å². The maximum absolute atomic E-state index is 10.8. The lowest BCUT2D eigenvalue weighted by molar-refractivity contribution is -0.306. The van der Waals surface area contributed by atoms with Gasteiger partial charge in [-0.25, -0.2) is 4.68 Å². The van der Waals surface area contributed by atoms with Crippen LogP contribution in [-0.4, -0.2) is 33.3 Å². The third kappa shape index (κ3) is 2.62. The normalized spacial score (nSPS) is 12.1. The molecule has 0 saturated heterocycles. The van der Waals surface area contributed by atoms with E-state index in [0.29, 0.717) is 5.75 Å². The summed E-state index contributed by atoms with van der Waals surface area (Å²) in [6, 6.07) is 6.56. The molecule has 0 N–H and O–H groups in total. The first-order chi connectivity index (χ1) is 8.70. The molecule has 0 fully saturated rings. The molecule has 0 radical (unpaired) electrons. The van der Waals surface area contributed by atoms with Gasteiger partial charge in [0.2, 0.25) is 0 Å². The highest BCUT2D eigenvalue weighted by molar-refractivity contribution is 5.65. The van der Waals surface area contributed by atoms with Crippen molar-refractivity contribution in [2.45, 2.75) is 12.5 Å². The number of hydrogen-bond acceptors (Lipinski definition) is 6. The molecule has 1 atom stereocenters. The Morgan fingerprint density at radius 2 is 2.17 bits per heavy atom. The topological polar surface area (TPSA) is 93.0 Å². The molecule has 0 aliphatic rings. The Morgan fingerprint density at radius 1 is 1.44 bits per heavy atom. The molecule has 2 rings (SSSR count). The molecule has 0 amide bonds. The van der Waals surface area contributed by atoms with Crippen LogP contribution in [0.15, 0.2) is 30.6 Å². The van der Waals surface area contributed by atoms with E-state index < -0.39 is 12.0 Å². The molecule has 0 unspecified atom stereocenters. The van der Waals surface area contributed by atoms with Crippen molar-refractivity contribution in [1.82, 2.24) is 20.2 Å². The molecule has 7 nitrogen and oxygen atoms in total.